The van der Waals surface area contributed by atoms with Gasteiger partial charge in [0.1, 0.15) is 0 Å². The number of alkyl halides is 2. The average Bonchev–Trinajstić information content (AvgIpc) is 2.47. The van der Waals surface area contributed by atoms with Gasteiger partial charge in [-0.15, -0.1) is 0 Å². The number of allylic oxidation sites excluding steroid dienone is 2. The molecule has 1 aliphatic carbocycles. The van der Waals surface area contributed by atoms with E-state index in [1.54, 1.807) is 0 Å². The fourth-order valence-corrected chi connectivity index (χ4v) is 7.20. The lowest BCUT2D eigenvalue weighted by Crippen LogP contribution is -2.33. The van der Waals surface area contributed by atoms with E-state index in [0.717, 1.165) is 0 Å². The summed E-state index contributed by atoms with van der Waals surface area (Å²) in [6.45, 7) is 1.95. The third-order valence-corrected chi connectivity index (χ3v) is 10.6. The van der Waals surface area contributed by atoms with Crippen LogP contribution in [0.2, 0.25) is 0 Å². The summed E-state index contributed by atoms with van der Waals surface area (Å²) in [5, 5.41) is 0.688. The second-order valence-electron chi connectivity index (χ2n) is 4.75. The minimum absolute atomic E-state index is 0.0375. The molecule has 0 N–H and O–H groups in total. The molecular weight excluding hydrogens is 450 g/mol. The molecule has 1 aliphatic rings. The van der Waals surface area contributed by atoms with Crippen molar-refractivity contribution < 1.29 is 27.2 Å². The molecule has 10 heteroatoms. The van der Waals surface area contributed by atoms with Gasteiger partial charge in [0, 0.05) is 37.6 Å². The molecule has 0 aromatic heterocycles. The molecule has 0 aromatic carbocycles. The monoisotopic (exact) mass is 468 g/mol. The van der Waals surface area contributed by atoms with E-state index < -0.39 is 15.2 Å². The van der Waals surface area contributed by atoms with E-state index >= 15 is 0 Å². The molecule has 0 heterocycles. The molecule has 6 nitrogen and oxygen atoms in total. The first-order valence-corrected chi connectivity index (χ1v) is 10.9. The zero-order valence-corrected chi connectivity index (χ0v) is 17.6. The van der Waals surface area contributed by atoms with Crippen LogP contribution in [0, 0.1) is 0 Å². The van der Waals surface area contributed by atoms with Gasteiger partial charge in [-0.25, -0.2) is 0 Å². The maximum Gasteiger partial charge on any atom is 0.357 e. The Morgan fingerprint density at radius 3 is 1.76 bits per heavy atom. The summed E-state index contributed by atoms with van der Waals surface area (Å²) >= 11 is 7.16. The van der Waals surface area contributed by atoms with Crippen molar-refractivity contribution in [2.75, 3.05) is 28.4 Å². The molecule has 0 bridgehead atoms. The molecule has 0 amide bonds. The summed E-state index contributed by atoms with van der Waals surface area (Å²) in [6.07, 6.45) is 0.667. The second-order valence-corrected chi connectivity index (χ2v) is 12.2. The molecular formula is C11H20Br2O6P2. The van der Waals surface area contributed by atoms with Crippen molar-refractivity contribution in [3.8, 4) is 0 Å². The molecule has 0 spiro atoms. The number of hydrogen-bond acceptors (Lipinski definition) is 6. The number of hydrogen-bond donors (Lipinski definition) is 0. The maximum absolute atomic E-state index is 12.8. The fourth-order valence-electron chi connectivity index (χ4n) is 2.16. The molecule has 0 radical (unpaired) electrons. The first-order valence-electron chi connectivity index (χ1n) is 6.09. The lowest BCUT2D eigenvalue weighted by molar-refractivity contribution is 0.272. The van der Waals surface area contributed by atoms with Gasteiger partial charge in [-0.05, 0) is 19.8 Å². The molecule has 0 aliphatic heterocycles. The average molecular weight is 470 g/mol. The van der Waals surface area contributed by atoms with E-state index in [0.29, 0.717) is 23.5 Å². The van der Waals surface area contributed by atoms with E-state index in [1.165, 1.54) is 28.4 Å². The molecule has 0 saturated heterocycles. The van der Waals surface area contributed by atoms with Crippen molar-refractivity contribution in [2.45, 2.75) is 28.9 Å². The predicted octanol–water partition coefficient (Wildman–Crippen LogP) is 4.88. The Morgan fingerprint density at radius 1 is 1.00 bits per heavy atom. The minimum Gasteiger partial charge on any atom is -0.309 e. The molecule has 0 aromatic rings. The van der Waals surface area contributed by atoms with Crippen LogP contribution in [0.25, 0.3) is 0 Å². The quantitative estimate of drug-likeness (QED) is 0.407. The summed E-state index contributed by atoms with van der Waals surface area (Å²) in [6, 6.07) is 0. The van der Waals surface area contributed by atoms with Crippen molar-refractivity contribution in [1.82, 2.24) is 0 Å². The van der Waals surface area contributed by atoms with Gasteiger partial charge >= 0.3 is 15.2 Å². The van der Waals surface area contributed by atoms with Crippen LogP contribution >= 0.6 is 47.1 Å². The van der Waals surface area contributed by atoms with Gasteiger partial charge in [-0.2, -0.15) is 0 Å². The lowest BCUT2D eigenvalue weighted by Gasteiger charge is -2.38. The molecule has 0 fully saturated rings. The van der Waals surface area contributed by atoms with Gasteiger partial charge in [-0.1, -0.05) is 31.9 Å². The van der Waals surface area contributed by atoms with Crippen molar-refractivity contribution >= 4 is 47.1 Å². The lowest BCUT2D eigenvalue weighted by atomic mass is 9.95. The first kappa shape index (κ1) is 20.0. The zero-order valence-electron chi connectivity index (χ0n) is 12.6. The third-order valence-electron chi connectivity index (χ3n) is 3.49. The summed E-state index contributed by atoms with van der Waals surface area (Å²) in [5.41, 5.74) is 0. The maximum atomic E-state index is 12.8. The SMILES string of the molecule is COP(=O)(OC)C1=C(P(=O)(OC)OC)CC(C)(Br)C(Br)C1. The highest BCUT2D eigenvalue weighted by Gasteiger charge is 2.48. The first-order chi connectivity index (χ1) is 9.60. The Kier molecular flexibility index (Phi) is 6.94. The van der Waals surface area contributed by atoms with E-state index in [9.17, 15) is 9.13 Å². The standard InChI is InChI=1S/C11H20Br2O6P2/c1-11(13)7-9(21(15,18-4)19-5)8(6-10(11)12)20(14,16-2)17-3/h10H,6-7H2,1-5H3. The molecule has 124 valence electrons. The van der Waals surface area contributed by atoms with Gasteiger partial charge in [-0.3, -0.25) is 9.13 Å². The van der Waals surface area contributed by atoms with E-state index in [-0.39, 0.29) is 9.15 Å². The normalized spacial score (nSPS) is 28.0. The van der Waals surface area contributed by atoms with Gasteiger partial charge in [0.15, 0.2) is 0 Å². The van der Waals surface area contributed by atoms with E-state index in [1.807, 2.05) is 6.92 Å². The van der Waals surface area contributed by atoms with Crippen molar-refractivity contribution in [1.29, 1.82) is 0 Å². The van der Waals surface area contributed by atoms with Gasteiger partial charge < -0.3 is 18.1 Å². The largest absolute Gasteiger partial charge is 0.357 e. The van der Waals surface area contributed by atoms with Crippen LogP contribution in [0.15, 0.2) is 10.6 Å². The fraction of sp³-hybridized carbons (Fsp3) is 0.818. The zero-order chi connectivity index (χ0) is 16.5. The summed E-state index contributed by atoms with van der Waals surface area (Å²) < 4.78 is 45.5. The smallest absolute Gasteiger partial charge is 0.309 e. The number of rotatable bonds is 6. The Morgan fingerprint density at radius 2 is 1.38 bits per heavy atom. The topological polar surface area (TPSA) is 71.1 Å². The highest BCUT2D eigenvalue weighted by molar-refractivity contribution is 9.12. The van der Waals surface area contributed by atoms with Gasteiger partial charge in [0.2, 0.25) is 0 Å². The van der Waals surface area contributed by atoms with Crippen molar-refractivity contribution in [3.63, 3.8) is 0 Å². The second kappa shape index (κ2) is 7.27. The third kappa shape index (κ3) is 3.92. The molecule has 2 atom stereocenters. The Bertz CT molecular complexity index is 503. The van der Waals surface area contributed by atoms with Gasteiger partial charge in [0.25, 0.3) is 0 Å². The van der Waals surface area contributed by atoms with Crippen LogP contribution in [0.5, 0.6) is 0 Å². The van der Waals surface area contributed by atoms with Crippen molar-refractivity contribution in [3.05, 3.63) is 10.6 Å². The van der Waals surface area contributed by atoms with Crippen LogP contribution in [-0.4, -0.2) is 37.6 Å². The van der Waals surface area contributed by atoms with Crippen LogP contribution in [0.4, 0.5) is 0 Å². The Balaban J connectivity index is 3.57. The van der Waals surface area contributed by atoms with Crippen molar-refractivity contribution in [2.24, 2.45) is 0 Å². The van der Waals surface area contributed by atoms with Crippen LogP contribution in [0.3, 0.4) is 0 Å². The highest BCUT2D eigenvalue weighted by atomic mass is 79.9. The summed E-state index contributed by atoms with van der Waals surface area (Å²) in [5.74, 6) is 0. The highest BCUT2D eigenvalue weighted by Crippen LogP contribution is 2.70. The molecule has 2 unspecified atom stereocenters. The molecule has 1 rings (SSSR count). The summed E-state index contributed by atoms with van der Waals surface area (Å²) in [7, 11) is -1.89. The van der Waals surface area contributed by atoms with E-state index in [4.69, 9.17) is 18.1 Å². The molecule has 0 saturated carbocycles. The molecule has 21 heavy (non-hydrogen) atoms. The Hall–Kier alpha value is 1.000. The van der Waals surface area contributed by atoms with Crippen LogP contribution in [-0.2, 0) is 27.2 Å². The van der Waals surface area contributed by atoms with Gasteiger partial charge in [0.05, 0.1) is 10.6 Å². The Labute approximate surface area is 142 Å². The predicted molar refractivity (Wildman–Crippen MR) is 89.6 cm³/mol. The minimum atomic E-state index is -3.55. The van der Waals surface area contributed by atoms with Crippen LogP contribution in [0.1, 0.15) is 19.8 Å². The van der Waals surface area contributed by atoms with Crippen LogP contribution < -0.4 is 0 Å². The van der Waals surface area contributed by atoms with E-state index in [2.05, 4.69) is 31.9 Å². The number of halogens is 2. The summed E-state index contributed by atoms with van der Waals surface area (Å²) in [4.78, 5) is -0.0375.